The van der Waals surface area contributed by atoms with Crippen LogP contribution in [-0.2, 0) is 24.0 Å². The smallest absolute Gasteiger partial charge is 0.326 e. The molecule has 42 heavy (non-hydrogen) atoms. The van der Waals surface area contributed by atoms with Crippen molar-refractivity contribution < 1.29 is 29.1 Å². The summed E-state index contributed by atoms with van der Waals surface area (Å²) in [4.78, 5) is 70.0. The van der Waals surface area contributed by atoms with Gasteiger partial charge in [-0.1, -0.05) is 27.7 Å². The number of thioether (sulfide) groups is 1. The molecule has 14 nitrogen and oxygen atoms in total. The first kappa shape index (κ1) is 37.0. The van der Waals surface area contributed by atoms with E-state index in [0.29, 0.717) is 37.9 Å². The van der Waals surface area contributed by atoms with Crippen LogP contribution in [0, 0.1) is 11.8 Å². The second kappa shape index (κ2) is 18.5. The Morgan fingerprint density at radius 2 is 1.64 bits per heavy atom. The maximum atomic E-state index is 13.8. The van der Waals surface area contributed by atoms with Gasteiger partial charge in [-0.15, -0.1) is 0 Å². The Kier molecular flexibility index (Phi) is 16.2. The molecule has 0 aromatic carbocycles. The predicted molar refractivity (Wildman–Crippen MR) is 163 cm³/mol. The fraction of sp³-hybridized carbons (Fsp3) is 0.778. The number of nitrogens with zero attached hydrogens (tertiary/aromatic N) is 2. The maximum absolute atomic E-state index is 13.8. The lowest BCUT2D eigenvalue weighted by Crippen LogP contribution is -2.58. The molecule has 1 fully saturated rings. The molecule has 240 valence electrons. The van der Waals surface area contributed by atoms with E-state index < -0.39 is 59.8 Å². The third-order valence-corrected chi connectivity index (χ3v) is 7.58. The SMILES string of the molecule is CSCC[C@H](N)C(=O)N[C@@H](CC(C)C)C(=O)N[C@@H](CCCN=C(N)N)C(=O)N1CCC[C@H]1C(=O)N[C@H](C(=O)O)C(C)C. The number of hydrogen-bond acceptors (Lipinski definition) is 8. The molecular weight excluding hydrogens is 564 g/mol. The molecule has 0 aromatic heterocycles. The van der Waals surface area contributed by atoms with Crippen LogP contribution < -0.4 is 33.2 Å². The van der Waals surface area contributed by atoms with E-state index in [2.05, 4.69) is 20.9 Å². The first-order chi connectivity index (χ1) is 19.7. The standard InChI is InChI=1S/C27H50N8O6S/c1-15(2)14-19(33-22(36)17(28)10-13-42-5)23(37)32-18(8-6-11-31-27(29)30)25(39)35-12-7-9-20(35)24(38)34-21(16(3)4)26(40)41/h15-21H,6-14,28H2,1-5H3,(H,32,37)(H,33,36)(H,34,38)(H,40,41)(H4,29,30,31)/t17-,18-,19-,20-,21-/m0/s1. The Morgan fingerprint density at radius 3 is 2.19 bits per heavy atom. The quantitative estimate of drug-likeness (QED) is 0.0585. The molecule has 1 aliphatic rings. The zero-order chi connectivity index (χ0) is 32.0. The molecule has 1 rings (SSSR count). The molecule has 5 atom stereocenters. The van der Waals surface area contributed by atoms with Crippen LogP contribution in [0.4, 0.5) is 0 Å². The topological polar surface area (TPSA) is 235 Å². The van der Waals surface area contributed by atoms with Crippen molar-refractivity contribution in [1.29, 1.82) is 0 Å². The number of amides is 4. The summed E-state index contributed by atoms with van der Waals surface area (Å²) < 4.78 is 0. The van der Waals surface area contributed by atoms with Crippen LogP contribution in [0.1, 0.15) is 66.2 Å². The third kappa shape index (κ3) is 12.4. The molecule has 1 saturated heterocycles. The van der Waals surface area contributed by atoms with E-state index in [1.54, 1.807) is 25.6 Å². The van der Waals surface area contributed by atoms with Crippen molar-refractivity contribution in [3.8, 4) is 0 Å². The number of hydrogen-bond donors (Lipinski definition) is 7. The van der Waals surface area contributed by atoms with Crippen LogP contribution in [0.2, 0.25) is 0 Å². The Bertz CT molecular complexity index is 959. The van der Waals surface area contributed by atoms with Crippen molar-refractivity contribution in [3.63, 3.8) is 0 Å². The van der Waals surface area contributed by atoms with E-state index >= 15 is 0 Å². The Hall–Kier alpha value is -3.07. The average Bonchev–Trinajstić information content (AvgIpc) is 3.40. The van der Waals surface area contributed by atoms with Gasteiger partial charge in [-0.2, -0.15) is 11.8 Å². The summed E-state index contributed by atoms with van der Waals surface area (Å²) >= 11 is 1.56. The minimum absolute atomic E-state index is 0.0503. The van der Waals surface area contributed by atoms with Crippen molar-refractivity contribution in [2.24, 2.45) is 34.0 Å². The van der Waals surface area contributed by atoms with E-state index in [9.17, 15) is 29.1 Å². The van der Waals surface area contributed by atoms with Crippen molar-refractivity contribution in [2.75, 3.05) is 25.1 Å². The van der Waals surface area contributed by atoms with Gasteiger partial charge in [-0.3, -0.25) is 24.2 Å². The number of nitrogens with one attached hydrogen (secondary N) is 3. The zero-order valence-corrected chi connectivity index (χ0v) is 26.2. The van der Waals surface area contributed by atoms with Gasteiger partial charge in [0.2, 0.25) is 23.6 Å². The van der Waals surface area contributed by atoms with Gasteiger partial charge in [-0.05, 0) is 62.4 Å². The van der Waals surface area contributed by atoms with E-state index in [4.69, 9.17) is 17.2 Å². The van der Waals surface area contributed by atoms with E-state index in [1.165, 1.54) is 4.90 Å². The molecule has 10 N–H and O–H groups in total. The number of carboxylic acids is 1. The Morgan fingerprint density at radius 1 is 1.00 bits per heavy atom. The number of carboxylic acid groups (broad SMARTS) is 1. The molecule has 1 aliphatic heterocycles. The molecule has 4 amide bonds. The molecule has 15 heteroatoms. The largest absolute Gasteiger partial charge is 0.480 e. The summed E-state index contributed by atoms with van der Waals surface area (Å²) in [6.45, 7) is 7.67. The first-order valence-corrected chi connectivity index (χ1v) is 15.8. The number of aliphatic carboxylic acids is 1. The molecular formula is C27H50N8O6S. The lowest BCUT2D eigenvalue weighted by molar-refractivity contribution is -0.146. The van der Waals surface area contributed by atoms with Crippen molar-refractivity contribution >= 4 is 47.3 Å². The lowest BCUT2D eigenvalue weighted by atomic mass is 10.0. The van der Waals surface area contributed by atoms with E-state index in [1.807, 2.05) is 20.1 Å². The van der Waals surface area contributed by atoms with Gasteiger partial charge in [0.05, 0.1) is 6.04 Å². The van der Waals surface area contributed by atoms with Gasteiger partial charge in [0.15, 0.2) is 5.96 Å². The second-order valence-corrected chi connectivity index (χ2v) is 12.3. The molecule has 1 heterocycles. The monoisotopic (exact) mass is 614 g/mol. The second-order valence-electron chi connectivity index (χ2n) is 11.3. The van der Waals surface area contributed by atoms with Gasteiger partial charge in [0.25, 0.3) is 0 Å². The molecule has 0 aliphatic carbocycles. The van der Waals surface area contributed by atoms with Crippen LogP contribution in [-0.4, -0.2) is 101 Å². The van der Waals surface area contributed by atoms with Gasteiger partial charge in [0, 0.05) is 13.1 Å². The fourth-order valence-electron chi connectivity index (χ4n) is 4.66. The zero-order valence-electron chi connectivity index (χ0n) is 25.4. The van der Waals surface area contributed by atoms with Gasteiger partial charge in [0.1, 0.15) is 24.2 Å². The minimum atomic E-state index is -1.16. The van der Waals surface area contributed by atoms with Crippen LogP contribution in [0.25, 0.3) is 0 Å². The summed E-state index contributed by atoms with van der Waals surface area (Å²) in [6.07, 6.45) is 4.11. The summed E-state index contributed by atoms with van der Waals surface area (Å²) in [5.74, 6) is -2.91. The first-order valence-electron chi connectivity index (χ1n) is 14.4. The van der Waals surface area contributed by atoms with Gasteiger partial charge < -0.3 is 43.2 Å². The molecule has 0 aromatic rings. The molecule has 0 spiro atoms. The number of rotatable bonds is 18. The number of nitrogens with two attached hydrogens (primary N) is 3. The summed E-state index contributed by atoms with van der Waals surface area (Å²) in [5, 5.41) is 17.6. The van der Waals surface area contributed by atoms with E-state index in [0.717, 1.165) is 0 Å². The Labute approximate surface area is 252 Å². The normalized spacial score (nSPS) is 17.7. The third-order valence-electron chi connectivity index (χ3n) is 6.94. The van der Waals surface area contributed by atoms with Crippen LogP contribution in [0.15, 0.2) is 4.99 Å². The number of aliphatic imine (C=N–C) groups is 1. The number of carbonyl (C=O) groups is 5. The molecule has 0 saturated carbocycles. The molecule has 0 radical (unpaired) electrons. The number of guanidine groups is 1. The highest BCUT2D eigenvalue weighted by Gasteiger charge is 2.39. The van der Waals surface area contributed by atoms with Crippen molar-refractivity contribution in [1.82, 2.24) is 20.9 Å². The van der Waals surface area contributed by atoms with Crippen LogP contribution in [0.3, 0.4) is 0 Å². The average molecular weight is 615 g/mol. The van der Waals surface area contributed by atoms with Gasteiger partial charge in [-0.25, -0.2) is 4.79 Å². The fourth-order valence-corrected chi connectivity index (χ4v) is 5.15. The highest BCUT2D eigenvalue weighted by molar-refractivity contribution is 7.98. The maximum Gasteiger partial charge on any atom is 0.326 e. The molecule has 0 unspecified atom stereocenters. The summed E-state index contributed by atoms with van der Waals surface area (Å²) in [7, 11) is 0. The van der Waals surface area contributed by atoms with E-state index in [-0.39, 0.29) is 37.3 Å². The summed E-state index contributed by atoms with van der Waals surface area (Å²) in [5.41, 5.74) is 16.8. The van der Waals surface area contributed by atoms with Crippen molar-refractivity contribution in [2.45, 2.75) is 96.4 Å². The summed E-state index contributed by atoms with van der Waals surface area (Å²) in [6, 6.07) is -4.71. The van der Waals surface area contributed by atoms with Crippen LogP contribution >= 0.6 is 11.8 Å². The predicted octanol–water partition coefficient (Wildman–Crippen LogP) is -0.647. The Balaban J connectivity index is 3.16. The highest BCUT2D eigenvalue weighted by atomic mass is 32.2. The molecule has 0 bridgehead atoms. The van der Waals surface area contributed by atoms with Gasteiger partial charge >= 0.3 is 5.97 Å². The lowest BCUT2D eigenvalue weighted by Gasteiger charge is -2.31. The van der Waals surface area contributed by atoms with Crippen LogP contribution in [0.5, 0.6) is 0 Å². The van der Waals surface area contributed by atoms with Crippen molar-refractivity contribution in [3.05, 3.63) is 0 Å². The number of likely N-dealkylation sites (tertiary alicyclic amines) is 1. The minimum Gasteiger partial charge on any atom is -0.480 e. The number of carbonyl (C=O) groups excluding carboxylic acids is 4. The highest BCUT2D eigenvalue weighted by Crippen LogP contribution is 2.21.